The lowest BCUT2D eigenvalue weighted by Crippen LogP contribution is -1.99. The molecule has 1 aromatic heterocycles. The number of nitrogens with zero attached hydrogens (tertiary/aromatic N) is 1. The van der Waals surface area contributed by atoms with E-state index in [4.69, 9.17) is 4.74 Å². The van der Waals surface area contributed by atoms with Gasteiger partial charge in [-0.3, -0.25) is 0 Å². The van der Waals surface area contributed by atoms with Crippen LogP contribution in [-0.2, 0) is 0 Å². The number of pyridine rings is 1. The maximum atomic E-state index is 5.70. The Labute approximate surface area is 119 Å². The summed E-state index contributed by atoms with van der Waals surface area (Å²) < 4.78 is 5.70. The highest BCUT2D eigenvalue weighted by Gasteiger charge is 2.13. The van der Waals surface area contributed by atoms with E-state index in [0.717, 1.165) is 17.0 Å². The van der Waals surface area contributed by atoms with Crippen LogP contribution in [0, 0.1) is 6.92 Å². The summed E-state index contributed by atoms with van der Waals surface area (Å²) >= 11 is 0. The van der Waals surface area contributed by atoms with Crippen LogP contribution in [0.5, 0.6) is 5.88 Å². The topological polar surface area (TPSA) is 22.1 Å². The van der Waals surface area contributed by atoms with Crippen molar-refractivity contribution in [1.82, 2.24) is 4.98 Å². The molecule has 0 aliphatic rings. The first kappa shape index (κ1) is 12.7. The highest BCUT2D eigenvalue weighted by atomic mass is 16.5. The number of ether oxygens (including phenoxy) is 1. The first-order chi connectivity index (χ1) is 9.81. The minimum Gasteiger partial charge on any atom is -0.478 e. The van der Waals surface area contributed by atoms with Gasteiger partial charge in [0.2, 0.25) is 5.88 Å². The number of para-hydroxylation sites is 1. The molecule has 0 aliphatic heterocycles. The van der Waals surface area contributed by atoms with E-state index in [-0.39, 0.29) is 0 Å². The van der Waals surface area contributed by atoms with Crippen LogP contribution in [0.3, 0.4) is 0 Å². The Bertz CT molecular complexity index is 735. The molecule has 0 radical (unpaired) electrons. The fourth-order valence-corrected chi connectivity index (χ4v) is 2.54. The predicted octanol–water partition coefficient (Wildman–Crippen LogP) is 4.61. The maximum Gasteiger partial charge on any atom is 0.217 e. The van der Waals surface area contributed by atoms with Gasteiger partial charge in [-0.25, -0.2) is 4.98 Å². The lowest BCUT2D eigenvalue weighted by Gasteiger charge is -2.14. The average molecular weight is 263 g/mol. The summed E-state index contributed by atoms with van der Waals surface area (Å²) in [6.07, 6.45) is 0. The summed E-state index contributed by atoms with van der Waals surface area (Å²) in [5.74, 6) is 0.727. The van der Waals surface area contributed by atoms with Gasteiger partial charge in [-0.1, -0.05) is 48.5 Å². The van der Waals surface area contributed by atoms with Crippen molar-refractivity contribution in [3.05, 3.63) is 60.2 Å². The van der Waals surface area contributed by atoms with E-state index in [0.29, 0.717) is 6.61 Å². The van der Waals surface area contributed by atoms with E-state index in [9.17, 15) is 0 Å². The molecule has 2 heteroatoms. The molecular formula is C18H17NO. The van der Waals surface area contributed by atoms with Crippen molar-refractivity contribution in [2.75, 3.05) is 6.61 Å². The molecule has 0 fully saturated rings. The second kappa shape index (κ2) is 5.33. The van der Waals surface area contributed by atoms with E-state index < -0.39 is 0 Å². The molecule has 0 N–H and O–H groups in total. The molecule has 0 saturated heterocycles. The molecule has 0 spiro atoms. The van der Waals surface area contributed by atoms with E-state index in [1.165, 1.54) is 16.5 Å². The Morgan fingerprint density at radius 3 is 2.40 bits per heavy atom. The minimum atomic E-state index is 0.625. The van der Waals surface area contributed by atoms with Crippen LogP contribution >= 0.6 is 0 Å². The molecule has 0 unspecified atom stereocenters. The smallest absolute Gasteiger partial charge is 0.217 e. The molecule has 100 valence electrons. The molecule has 1 heterocycles. The first-order valence-corrected chi connectivity index (χ1v) is 6.89. The zero-order valence-corrected chi connectivity index (χ0v) is 11.8. The van der Waals surface area contributed by atoms with Crippen molar-refractivity contribution in [2.24, 2.45) is 0 Å². The number of rotatable bonds is 3. The van der Waals surface area contributed by atoms with E-state index in [1.54, 1.807) is 0 Å². The Hall–Kier alpha value is -2.35. The van der Waals surface area contributed by atoms with Gasteiger partial charge in [0, 0.05) is 10.9 Å². The van der Waals surface area contributed by atoms with Crippen molar-refractivity contribution < 1.29 is 4.74 Å². The molecule has 0 amide bonds. The van der Waals surface area contributed by atoms with Gasteiger partial charge < -0.3 is 4.74 Å². The van der Waals surface area contributed by atoms with Crippen molar-refractivity contribution in [3.8, 4) is 17.0 Å². The van der Waals surface area contributed by atoms with Gasteiger partial charge in [0.15, 0.2) is 0 Å². The van der Waals surface area contributed by atoms with E-state index in [1.807, 2.05) is 25.1 Å². The van der Waals surface area contributed by atoms with Crippen LogP contribution in [0.25, 0.3) is 22.0 Å². The van der Waals surface area contributed by atoms with Gasteiger partial charge in [0.1, 0.15) is 0 Å². The fraction of sp³-hybridized carbons (Fsp3) is 0.167. The van der Waals surface area contributed by atoms with Crippen LogP contribution in [-0.4, -0.2) is 11.6 Å². The zero-order valence-electron chi connectivity index (χ0n) is 11.8. The van der Waals surface area contributed by atoms with Gasteiger partial charge in [0.25, 0.3) is 0 Å². The fourth-order valence-electron chi connectivity index (χ4n) is 2.54. The van der Waals surface area contributed by atoms with Crippen molar-refractivity contribution >= 4 is 10.9 Å². The Balaban J connectivity index is 2.35. The largest absolute Gasteiger partial charge is 0.478 e. The van der Waals surface area contributed by atoms with Crippen molar-refractivity contribution in [2.45, 2.75) is 13.8 Å². The summed E-state index contributed by atoms with van der Waals surface area (Å²) in [7, 11) is 0. The molecule has 20 heavy (non-hydrogen) atoms. The van der Waals surface area contributed by atoms with Gasteiger partial charge >= 0.3 is 0 Å². The standard InChI is InChI=1S/C18H17NO/c1-3-20-18-13(2)17(14-9-5-4-6-10-14)15-11-7-8-12-16(15)19-18/h4-12H,3H2,1-2H3. The third-order valence-electron chi connectivity index (χ3n) is 3.43. The van der Waals surface area contributed by atoms with E-state index in [2.05, 4.69) is 48.3 Å². The number of aromatic nitrogens is 1. The summed E-state index contributed by atoms with van der Waals surface area (Å²) in [5, 5.41) is 1.17. The van der Waals surface area contributed by atoms with Gasteiger partial charge in [-0.15, -0.1) is 0 Å². The molecule has 0 atom stereocenters. The third kappa shape index (κ3) is 2.14. The van der Waals surface area contributed by atoms with Crippen LogP contribution in [0.2, 0.25) is 0 Å². The maximum absolute atomic E-state index is 5.70. The van der Waals surface area contributed by atoms with Crippen molar-refractivity contribution in [1.29, 1.82) is 0 Å². The van der Waals surface area contributed by atoms with Crippen LogP contribution in [0.15, 0.2) is 54.6 Å². The monoisotopic (exact) mass is 263 g/mol. The molecule has 3 aromatic rings. The quantitative estimate of drug-likeness (QED) is 0.688. The molecule has 3 rings (SSSR count). The summed E-state index contributed by atoms with van der Waals surface area (Å²) in [6.45, 7) is 4.69. The van der Waals surface area contributed by atoms with Gasteiger partial charge in [-0.2, -0.15) is 0 Å². The summed E-state index contributed by atoms with van der Waals surface area (Å²) in [4.78, 5) is 4.63. The minimum absolute atomic E-state index is 0.625. The first-order valence-electron chi connectivity index (χ1n) is 6.89. The molecule has 0 bridgehead atoms. The van der Waals surface area contributed by atoms with E-state index >= 15 is 0 Å². The number of benzene rings is 2. The van der Waals surface area contributed by atoms with Crippen LogP contribution in [0.1, 0.15) is 12.5 Å². The van der Waals surface area contributed by atoms with Crippen LogP contribution < -0.4 is 4.74 Å². The third-order valence-corrected chi connectivity index (χ3v) is 3.43. The van der Waals surface area contributed by atoms with Gasteiger partial charge in [-0.05, 0) is 31.0 Å². The predicted molar refractivity (Wildman–Crippen MR) is 83.1 cm³/mol. The lowest BCUT2D eigenvalue weighted by atomic mass is 9.97. The lowest BCUT2D eigenvalue weighted by molar-refractivity contribution is 0.326. The summed E-state index contributed by atoms with van der Waals surface area (Å²) in [5.41, 5.74) is 4.47. The second-order valence-electron chi connectivity index (χ2n) is 4.73. The number of hydrogen-bond acceptors (Lipinski definition) is 2. The Morgan fingerprint density at radius 1 is 0.950 bits per heavy atom. The molecule has 0 aliphatic carbocycles. The average Bonchev–Trinajstić information content (AvgIpc) is 2.49. The van der Waals surface area contributed by atoms with Crippen LogP contribution in [0.4, 0.5) is 0 Å². The zero-order chi connectivity index (χ0) is 13.9. The highest BCUT2D eigenvalue weighted by Crippen LogP contribution is 2.35. The van der Waals surface area contributed by atoms with Crippen molar-refractivity contribution in [3.63, 3.8) is 0 Å². The second-order valence-corrected chi connectivity index (χ2v) is 4.73. The normalized spacial score (nSPS) is 10.7. The molecule has 2 aromatic carbocycles. The van der Waals surface area contributed by atoms with Gasteiger partial charge in [0.05, 0.1) is 12.1 Å². The Morgan fingerprint density at radius 2 is 1.65 bits per heavy atom. The molecule has 2 nitrogen and oxygen atoms in total. The number of fused-ring (bicyclic) bond motifs is 1. The molecule has 0 saturated carbocycles. The summed E-state index contributed by atoms with van der Waals surface area (Å²) in [6, 6.07) is 18.6. The Kier molecular flexibility index (Phi) is 3.38. The highest BCUT2D eigenvalue weighted by molar-refractivity contribution is 5.97. The SMILES string of the molecule is CCOc1nc2ccccc2c(-c2ccccc2)c1C. The number of hydrogen-bond donors (Lipinski definition) is 0. The molecular weight excluding hydrogens is 246 g/mol.